The summed E-state index contributed by atoms with van der Waals surface area (Å²) in [7, 11) is 0. The van der Waals surface area contributed by atoms with Gasteiger partial charge in [-0.25, -0.2) is 9.98 Å². The van der Waals surface area contributed by atoms with E-state index in [1.807, 2.05) is 12.5 Å². The van der Waals surface area contributed by atoms with Crippen molar-refractivity contribution >= 4 is 5.90 Å². The highest BCUT2D eigenvalue weighted by Crippen LogP contribution is 2.26. The van der Waals surface area contributed by atoms with Crippen LogP contribution in [-0.2, 0) is 17.6 Å². The quantitative estimate of drug-likeness (QED) is 0.865. The summed E-state index contributed by atoms with van der Waals surface area (Å²) in [6.07, 6.45) is 5.67. The lowest BCUT2D eigenvalue weighted by molar-refractivity contribution is 0.278. The topological polar surface area (TPSA) is 39.4 Å². The molecule has 0 saturated heterocycles. The van der Waals surface area contributed by atoms with Crippen LogP contribution >= 0.6 is 0 Å². The summed E-state index contributed by atoms with van der Waals surface area (Å²) < 4.78 is 7.93. The molecule has 3 rings (SSSR count). The molecule has 0 unspecified atom stereocenters. The van der Waals surface area contributed by atoms with Crippen LogP contribution in [0.25, 0.3) is 5.69 Å². The summed E-state index contributed by atoms with van der Waals surface area (Å²) in [5.74, 6) is 0.690. The van der Waals surface area contributed by atoms with E-state index < -0.39 is 0 Å². The van der Waals surface area contributed by atoms with Crippen molar-refractivity contribution in [3.8, 4) is 5.69 Å². The van der Waals surface area contributed by atoms with Gasteiger partial charge in [-0.1, -0.05) is 32.0 Å². The standard InChI is InChI=1S/C18H23N3O/c1-5-13-8-7-9-14(6-2)16(13)21-12-19-10-15(21)17-20-18(3,4)11-22-17/h7-10,12H,5-6,11H2,1-4H3. The smallest absolute Gasteiger partial charge is 0.236 e. The second-order valence-corrected chi connectivity index (χ2v) is 6.30. The van der Waals surface area contributed by atoms with E-state index in [9.17, 15) is 0 Å². The number of hydrogen-bond donors (Lipinski definition) is 0. The van der Waals surface area contributed by atoms with Crippen LogP contribution in [0.4, 0.5) is 0 Å². The van der Waals surface area contributed by atoms with Crippen molar-refractivity contribution in [2.75, 3.05) is 6.61 Å². The van der Waals surface area contributed by atoms with E-state index in [4.69, 9.17) is 9.73 Å². The number of nitrogens with zero attached hydrogens (tertiary/aromatic N) is 3. The van der Waals surface area contributed by atoms with Crippen LogP contribution < -0.4 is 0 Å². The molecule has 0 atom stereocenters. The van der Waals surface area contributed by atoms with Crippen LogP contribution in [0.1, 0.15) is 44.5 Å². The first-order chi connectivity index (χ1) is 10.6. The van der Waals surface area contributed by atoms with Gasteiger partial charge >= 0.3 is 0 Å². The van der Waals surface area contributed by atoms with Crippen molar-refractivity contribution in [1.29, 1.82) is 0 Å². The molecule has 22 heavy (non-hydrogen) atoms. The fourth-order valence-electron chi connectivity index (χ4n) is 2.87. The molecule has 0 fully saturated rings. The number of hydrogen-bond acceptors (Lipinski definition) is 3. The molecule has 0 aliphatic carbocycles. The lowest BCUT2D eigenvalue weighted by Crippen LogP contribution is -2.17. The molecule has 0 N–H and O–H groups in total. The molecule has 1 aliphatic heterocycles. The highest BCUT2D eigenvalue weighted by molar-refractivity contribution is 5.94. The predicted molar refractivity (Wildman–Crippen MR) is 88.9 cm³/mol. The first-order valence-electron chi connectivity index (χ1n) is 7.92. The van der Waals surface area contributed by atoms with Crippen molar-refractivity contribution in [2.24, 2.45) is 4.99 Å². The van der Waals surface area contributed by atoms with E-state index in [0.717, 1.165) is 18.5 Å². The number of imidazole rings is 1. The van der Waals surface area contributed by atoms with Crippen LogP contribution in [0.15, 0.2) is 35.7 Å². The Hall–Kier alpha value is -2.10. The van der Waals surface area contributed by atoms with Gasteiger partial charge in [0.2, 0.25) is 5.90 Å². The molecule has 4 nitrogen and oxygen atoms in total. The van der Waals surface area contributed by atoms with Crippen LogP contribution in [-0.4, -0.2) is 27.6 Å². The number of benzene rings is 1. The molecule has 1 aliphatic rings. The zero-order valence-corrected chi connectivity index (χ0v) is 13.8. The van der Waals surface area contributed by atoms with Gasteiger partial charge in [0.05, 0.1) is 23.8 Å². The first-order valence-corrected chi connectivity index (χ1v) is 7.92. The highest BCUT2D eigenvalue weighted by atomic mass is 16.5. The lowest BCUT2D eigenvalue weighted by Gasteiger charge is -2.16. The Labute approximate surface area is 131 Å². The van der Waals surface area contributed by atoms with Crippen LogP contribution in [0, 0.1) is 0 Å². The van der Waals surface area contributed by atoms with E-state index in [1.165, 1.54) is 16.8 Å². The van der Waals surface area contributed by atoms with E-state index in [0.29, 0.717) is 12.5 Å². The monoisotopic (exact) mass is 297 g/mol. The molecule has 2 aromatic rings. The summed E-state index contributed by atoms with van der Waals surface area (Å²) >= 11 is 0. The van der Waals surface area contributed by atoms with Gasteiger partial charge in [-0.2, -0.15) is 0 Å². The van der Waals surface area contributed by atoms with Gasteiger partial charge in [0.25, 0.3) is 0 Å². The number of aryl methyl sites for hydroxylation is 2. The minimum atomic E-state index is -0.164. The molecule has 0 radical (unpaired) electrons. The molecule has 0 spiro atoms. The average molecular weight is 297 g/mol. The van der Waals surface area contributed by atoms with E-state index in [1.54, 1.807) is 0 Å². The normalized spacial score (nSPS) is 16.5. The summed E-state index contributed by atoms with van der Waals surface area (Å²) in [6, 6.07) is 6.49. The predicted octanol–water partition coefficient (Wildman–Crippen LogP) is 3.55. The molecule has 1 aromatic heterocycles. The van der Waals surface area contributed by atoms with Crippen molar-refractivity contribution in [3.63, 3.8) is 0 Å². The summed E-state index contributed by atoms with van der Waals surface area (Å²) in [5, 5.41) is 0. The van der Waals surface area contributed by atoms with E-state index in [-0.39, 0.29) is 5.54 Å². The van der Waals surface area contributed by atoms with Crippen LogP contribution in [0.3, 0.4) is 0 Å². The average Bonchev–Trinajstić information content (AvgIpc) is 3.12. The third-order valence-corrected chi connectivity index (χ3v) is 4.03. The van der Waals surface area contributed by atoms with Gasteiger partial charge in [0, 0.05) is 0 Å². The van der Waals surface area contributed by atoms with Crippen LogP contribution in [0.2, 0.25) is 0 Å². The van der Waals surface area contributed by atoms with Gasteiger partial charge in [0.1, 0.15) is 12.3 Å². The second-order valence-electron chi connectivity index (χ2n) is 6.30. The van der Waals surface area contributed by atoms with Crippen molar-refractivity contribution < 1.29 is 4.74 Å². The fourth-order valence-corrected chi connectivity index (χ4v) is 2.87. The Morgan fingerprint density at radius 3 is 2.41 bits per heavy atom. The van der Waals surface area contributed by atoms with E-state index >= 15 is 0 Å². The van der Waals surface area contributed by atoms with Gasteiger partial charge in [-0.3, -0.25) is 4.57 Å². The number of rotatable bonds is 4. The van der Waals surface area contributed by atoms with Gasteiger partial charge in [0.15, 0.2) is 0 Å². The minimum absolute atomic E-state index is 0.164. The number of para-hydroxylation sites is 1. The third kappa shape index (κ3) is 2.54. The molecule has 0 amide bonds. The minimum Gasteiger partial charge on any atom is -0.474 e. The number of ether oxygens (including phenoxy) is 1. The maximum Gasteiger partial charge on any atom is 0.236 e. The maximum absolute atomic E-state index is 5.81. The van der Waals surface area contributed by atoms with Crippen LogP contribution in [0.5, 0.6) is 0 Å². The molecule has 1 aromatic carbocycles. The Bertz CT molecular complexity index is 691. The molecular formula is C18H23N3O. The molecule has 0 saturated carbocycles. The zero-order valence-electron chi connectivity index (χ0n) is 13.8. The fraction of sp³-hybridized carbons (Fsp3) is 0.444. The lowest BCUT2D eigenvalue weighted by atomic mass is 10.0. The Balaban J connectivity index is 2.14. The molecule has 116 valence electrons. The SMILES string of the molecule is CCc1cccc(CC)c1-n1cncc1C1=NC(C)(C)CO1. The van der Waals surface area contributed by atoms with Gasteiger partial charge in [-0.05, 0) is 37.8 Å². The second kappa shape index (κ2) is 5.59. The van der Waals surface area contributed by atoms with Crippen molar-refractivity contribution in [1.82, 2.24) is 9.55 Å². The highest BCUT2D eigenvalue weighted by Gasteiger charge is 2.29. The number of aliphatic imine (C=N–C) groups is 1. The van der Waals surface area contributed by atoms with E-state index in [2.05, 4.69) is 55.4 Å². The van der Waals surface area contributed by atoms with Crippen molar-refractivity contribution in [3.05, 3.63) is 47.5 Å². The van der Waals surface area contributed by atoms with Gasteiger partial charge in [-0.15, -0.1) is 0 Å². The molecule has 2 heterocycles. The first kappa shape index (κ1) is 14.8. The summed E-state index contributed by atoms with van der Waals surface area (Å²) in [5.41, 5.74) is 4.62. The van der Waals surface area contributed by atoms with Crippen molar-refractivity contribution in [2.45, 2.75) is 46.1 Å². The Kier molecular flexibility index (Phi) is 3.77. The zero-order chi connectivity index (χ0) is 15.7. The summed E-state index contributed by atoms with van der Waals surface area (Å²) in [6.45, 7) is 9.14. The largest absolute Gasteiger partial charge is 0.474 e. The Morgan fingerprint density at radius 1 is 1.18 bits per heavy atom. The van der Waals surface area contributed by atoms with Gasteiger partial charge < -0.3 is 4.74 Å². The Morgan fingerprint density at radius 2 is 1.86 bits per heavy atom. The molecule has 0 bridgehead atoms. The summed E-state index contributed by atoms with van der Waals surface area (Å²) in [4.78, 5) is 9.04. The maximum atomic E-state index is 5.81. The molecular weight excluding hydrogens is 274 g/mol. The third-order valence-electron chi connectivity index (χ3n) is 4.03. The number of aromatic nitrogens is 2. The molecule has 4 heteroatoms.